The number of rotatable bonds is 1. The average molecular weight is 211 g/mol. The molecule has 0 bridgehead atoms. The third-order valence-corrected chi connectivity index (χ3v) is 2.86. The highest BCUT2D eigenvalue weighted by Gasteiger charge is 2.09. The van der Waals surface area contributed by atoms with Crippen molar-refractivity contribution in [2.45, 2.75) is 19.8 Å². The third-order valence-electron chi connectivity index (χ3n) is 2.86. The number of furan rings is 1. The van der Waals surface area contributed by atoms with Crippen molar-refractivity contribution in [2.75, 3.05) is 0 Å². The van der Waals surface area contributed by atoms with Gasteiger partial charge in [-0.25, -0.2) is 4.98 Å². The van der Waals surface area contributed by atoms with Gasteiger partial charge in [0.05, 0.1) is 0 Å². The van der Waals surface area contributed by atoms with Crippen molar-refractivity contribution in [2.24, 2.45) is 0 Å². The molecule has 0 spiro atoms. The molecule has 0 unspecified atom stereocenters. The molecule has 0 aliphatic heterocycles. The lowest BCUT2D eigenvalue weighted by atomic mass is 10.1. The molecule has 3 rings (SSSR count). The summed E-state index contributed by atoms with van der Waals surface area (Å²) in [7, 11) is 0. The van der Waals surface area contributed by atoms with Gasteiger partial charge in [-0.15, -0.1) is 0 Å². The second-order valence-electron chi connectivity index (χ2n) is 4.34. The number of aromatic nitrogens is 1. The number of fused-ring (bicyclic) bond motifs is 3. The van der Waals surface area contributed by atoms with E-state index in [1.807, 2.05) is 18.2 Å². The van der Waals surface area contributed by atoms with E-state index in [1.165, 1.54) is 0 Å². The molecule has 0 amide bonds. The SMILES string of the molecule is CC(C)c1ccc2c(n1)oc1ccccc12. The predicted molar refractivity (Wildman–Crippen MR) is 65.6 cm³/mol. The van der Waals surface area contributed by atoms with Crippen LogP contribution in [0.15, 0.2) is 40.8 Å². The fourth-order valence-electron chi connectivity index (χ4n) is 1.94. The quantitative estimate of drug-likeness (QED) is 0.605. The van der Waals surface area contributed by atoms with E-state index in [4.69, 9.17) is 4.42 Å². The van der Waals surface area contributed by atoms with Crippen molar-refractivity contribution in [3.8, 4) is 0 Å². The Hall–Kier alpha value is -1.83. The minimum Gasteiger partial charge on any atom is -0.438 e. The van der Waals surface area contributed by atoms with Gasteiger partial charge in [-0.1, -0.05) is 32.0 Å². The predicted octanol–water partition coefficient (Wildman–Crippen LogP) is 4.10. The van der Waals surface area contributed by atoms with Crippen molar-refractivity contribution in [3.05, 3.63) is 42.1 Å². The minimum atomic E-state index is 0.428. The molecule has 0 radical (unpaired) electrons. The zero-order valence-electron chi connectivity index (χ0n) is 9.40. The summed E-state index contributed by atoms with van der Waals surface area (Å²) < 4.78 is 5.73. The standard InChI is InChI=1S/C14H13NO/c1-9(2)12-8-7-11-10-5-3-4-6-13(10)16-14(11)15-12/h3-9H,1-2H3. The lowest BCUT2D eigenvalue weighted by molar-refractivity contribution is 0.647. The molecule has 0 aliphatic rings. The first-order valence-corrected chi connectivity index (χ1v) is 5.54. The summed E-state index contributed by atoms with van der Waals surface area (Å²) in [6.07, 6.45) is 0. The van der Waals surface area contributed by atoms with E-state index < -0.39 is 0 Å². The summed E-state index contributed by atoms with van der Waals surface area (Å²) in [4.78, 5) is 4.55. The number of benzene rings is 1. The van der Waals surface area contributed by atoms with E-state index in [2.05, 4.69) is 37.0 Å². The van der Waals surface area contributed by atoms with E-state index >= 15 is 0 Å². The molecule has 80 valence electrons. The molecule has 2 heteroatoms. The number of hydrogen-bond donors (Lipinski definition) is 0. The van der Waals surface area contributed by atoms with Crippen LogP contribution in [0.4, 0.5) is 0 Å². The summed E-state index contributed by atoms with van der Waals surface area (Å²) >= 11 is 0. The number of pyridine rings is 1. The van der Waals surface area contributed by atoms with Gasteiger partial charge in [-0.3, -0.25) is 0 Å². The van der Waals surface area contributed by atoms with Crippen molar-refractivity contribution < 1.29 is 4.42 Å². The van der Waals surface area contributed by atoms with Crippen LogP contribution in [0.2, 0.25) is 0 Å². The number of hydrogen-bond acceptors (Lipinski definition) is 2. The van der Waals surface area contributed by atoms with Crippen LogP contribution in [-0.4, -0.2) is 4.98 Å². The molecule has 2 aromatic heterocycles. The van der Waals surface area contributed by atoms with Gasteiger partial charge in [0.25, 0.3) is 0 Å². The Morgan fingerprint density at radius 2 is 1.81 bits per heavy atom. The maximum Gasteiger partial charge on any atom is 0.227 e. The summed E-state index contributed by atoms with van der Waals surface area (Å²) in [5.41, 5.74) is 2.73. The topological polar surface area (TPSA) is 26.0 Å². The highest BCUT2D eigenvalue weighted by molar-refractivity contribution is 6.03. The molecule has 0 aliphatic carbocycles. The van der Waals surface area contributed by atoms with E-state index in [0.717, 1.165) is 27.8 Å². The Bertz CT molecular complexity index is 652. The van der Waals surface area contributed by atoms with Gasteiger partial charge in [0.2, 0.25) is 5.71 Å². The Morgan fingerprint density at radius 1 is 1.00 bits per heavy atom. The highest BCUT2D eigenvalue weighted by atomic mass is 16.3. The molecule has 0 saturated heterocycles. The summed E-state index contributed by atoms with van der Waals surface area (Å²) in [6.45, 7) is 4.27. The van der Waals surface area contributed by atoms with Crippen LogP contribution in [0.5, 0.6) is 0 Å². The second kappa shape index (κ2) is 3.34. The van der Waals surface area contributed by atoms with E-state index in [0.29, 0.717) is 5.92 Å². The normalized spacial score (nSPS) is 11.7. The van der Waals surface area contributed by atoms with Crippen molar-refractivity contribution in [3.63, 3.8) is 0 Å². The largest absolute Gasteiger partial charge is 0.438 e. The van der Waals surface area contributed by atoms with E-state index in [-0.39, 0.29) is 0 Å². The van der Waals surface area contributed by atoms with Crippen LogP contribution < -0.4 is 0 Å². The first-order chi connectivity index (χ1) is 7.75. The molecular formula is C14H13NO. The van der Waals surface area contributed by atoms with Gasteiger partial charge in [0.15, 0.2) is 0 Å². The molecule has 1 aromatic carbocycles. The molecule has 0 fully saturated rings. The zero-order chi connectivity index (χ0) is 11.1. The minimum absolute atomic E-state index is 0.428. The molecule has 2 heterocycles. The molecule has 0 N–H and O–H groups in total. The van der Waals surface area contributed by atoms with Gasteiger partial charge in [0, 0.05) is 16.5 Å². The van der Waals surface area contributed by atoms with Crippen LogP contribution in [0.25, 0.3) is 22.1 Å². The molecule has 0 saturated carbocycles. The van der Waals surface area contributed by atoms with Gasteiger partial charge in [0.1, 0.15) is 5.58 Å². The van der Waals surface area contributed by atoms with Crippen LogP contribution >= 0.6 is 0 Å². The fourth-order valence-corrected chi connectivity index (χ4v) is 1.94. The highest BCUT2D eigenvalue weighted by Crippen LogP contribution is 2.28. The van der Waals surface area contributed by atoms with Gasteiger partial charge < -0.3 is 4.42 Å². The van der Waals surface area contributed by atoms with E-state index in [1.54, 1.807) is 0 Å². The molecule has 0 atom stereocenters. The maximum atomic E-state index is 5.73. The summed E-state index contributed by atoms with van der Waals surface area (Å²) in [6, 6.07) is 12.2. The Labute approximate surface area is 93.9 Å². The number of para-hydroxylation sites is 1. The van der Waals surface area contributed by atoms with Crippen LogP contribution in [0, 0.1) is 0 Å². The first-order valence-electron chi connectivity index (χ1n) is 5.54. The van der Waals surface area contributed by atoms with Gasteiger partial charge in [-0.05, 0) is 24.1 Å². The van der Waals surface area contributed by atoms with Crippen molar-refractivity contribution in [1.29, 1.82) is 0 Å². The summed E-state index contributed by atoms with van der Waals surface area (Å²) in [5, 5.41) is 2.24. The monoisotopic (exact) mass is 211 g/mol. The third kappa shape index (κ3) is 1.30. The lowest BCUT2D eigenvalue weighted by Crippen LogP contribution is -1.90. The average Bonchev–Trinajstić information content (AvgIpc) is 2.66. The Kier molecular flexibility index (Phi) is 1.96. The smallest absolute Gasteiger partial charge is 0.227 e. The summed E-state index contributed by atoms with van der Waals surface area (Å²) in [5.74, 6) is 0.428. The molecule has 16 heavy (non-hydrogen) atoms. The zero-order valence-corrected chi connectivity index (χ0v) is 9.40. The van der Waals surface area contributed by atoms with Gasteiger partial charge >= 0.3 is 0 Å². The second-order valence-corrected chi connectivity index (χ2v) is 4.34. The van der Waals surface area contributed by atoms with Crippen molar-refractivity contribution in [1.82, 2.24) is 4.98 Å². The van der Waals surface area contributed by atoms with Crippen molar-refractivity contribution >= 4 is 22.1 Å². The Morgan fingerprint density at radius 3 is 2.62 bits per heavy atom. The number of nitrogens with zero attached hydrogens (tertiary/aromatic N) is 1. The molecular weight excluding hydrogens is 198 g/mol. The van der Waals surface area contributed by atoms with E-state index in [9.17, 15) is 0 Å². The van der Waals surface area contributed by atoms with Crippen LogP contribution in [0.3, 0.4) is 0 Å². The van der Waals surface area contributed by atoms with Crippen LogP contribution in [-0.2, 0) is 0 Å². The lowest BCUT2D eigenvalue weighted by Gasteiger charge is -2.02. The Balaban J connectivity index is 2.37. The maximum absolute atomic E-state index is 5.73. The fraction of sp³-hybridized carbons (Fsp3) is 0.214. The molecule has 3 aromatic rings. The first kappa shape index (κ1) is 9.40. The van der Waals surface area contributed by atoms with Gasteiger partial charge in [-0.2, -0.15) is 0 Å². The van der Waals surface area contributed by atoms with Crippen LogP contribution in [0.1, 0.15) is 25.5 Å². The molecule has 2 nitrogen and oxygen atoms in total.